The van der Waals surface area contributed by atoms with E-state index >= 15 is 0 Å². The Labute approximate surface area is 107 Å². The number of urea groups is 1. The van der Waals surface area contributed by atoms with Gasteiger partial charge < -0.3 is 15.3 Å². The van der Waals surface area contributed by atoms with E-state index < -0.39 is 18.0 Å². The van der Waals surface area contributed by atoms with Crippen LogP contribution in [0.3, 0.4) is 0 Å². The maximum Gasteiger partial charge on any atom is 0.330 e. The van der Waals surface area contributed by atoms with Gasteiger partial charge in [-0.2, -0.15) is 0 Å². The van der Waals surface area contributed by atoms with Gasteiger partial charge in [0.15, 0.2) is 0 Å². The maximum atomic E-state index is 11.6. The molecule has 1 atom stereocenters. The Morgan fingerprint density at radius 3 is 2.39 bits per heavy atom. The molecule has 2 amide bonds. The fourth-order valence-corrected chi connectivity index (χ4v) is 1.80. The van der Waals surface area contributed by atoms with E-state index in [-0.39, 0.29) is 0 Å². The first-order chi connectivity index (χ1) is 8.52. The van der Waals surface area contributed by atoms with Crippen molar-refractivity contribution in [2.75, 3.05) is 33.2 Å². The van der Waals surface area contributed by atoms with Gasteiger partial charge >= 0.3 is 12.0 Å². The number of rotatable bonds is 5. The van der Waals surface area contributed by atoms with Crippen LogP contribution >= 0.6 is 0 Å². The minimum absolute atomic E-state index is 0.436. The summed E-state index contributed by atoms with van der Waals surface area (Å²) < 4.78 is 0. The Balaban J connectivity index is 2.33. The van der Waals surface area contributed by atoms with Crippen LogP contribution in [-0.2, 0) is 4.79 Å². The first-order valence-electron chi connectivity index (χ1n) is 6.26. The molecule has 0 aromatic carbocycles. The smallest absolute Gasteiger partial charge is 0.330 e. The highest BCUT2D eigenvalue weighted by Crippen LogP contribution is 1.98. The number of likely N-dealkylation sites (N-methyl/N-ethyl adjacent to an activating group) is 1. The summed E-state index contributed by atoms with van der Waals surface area (Å²) in [6, 6.07) is -1.26. The number of nitrogens with zero attached hydrogens (tertiary/aromatic N) is 2. The third-order valence-corrected chi connectivity index (χ3v) is 2.94. The first-order valence-corrected chi connectivity index (χ1v) is 6.26. The van der Waals surface area contributed by atoms with E-state index in [1.165, 1.54) is 0 Å². The van der Waals surface area contributed by atoms with Crippen LogP contribution in [0.25, 0.3) is 0 Å². The predicted molar refractivity (Wildman–Crippen MR) is 67.1 cm³/mol. The lowest BCUT2D eigenvalue weighted by Gasteiger charge is -2.32. The van der Waals surface area contributed by atoms with Crippen LogP contribution in [0, 0.1) is 0 Å². The lowest BCUT2D eigenvalue weighted by molar-refractivity contribution is -0.139. The quantitative estimate of drug-likeness (QED) is 0.630. The van der Waals surface area contributed by atoms with E-state index in [0.717, 1.165) is 26.2 Å². The number of carbonyl (C=O) groups is 2. The average Bonchev–Trinajstić information content (AvgIpc) is 2.31. The largest absolute Gasteiger partial charge is 0.480 e. The Morgan fingerprint density at radius 2 is 1.89 bits per heavy atom. The molecule has 0 saturated carbocycles. The molecule has 0 aromatic heterocycles. The molecule has 1 saturated heterocycles. The first kappa shape index (κ1) is 14.7. The van der Waals surface area contributed by atoms with Crippen molar-refractivity contribution in [3.05, 3.63) is 0 Å². The van der Waals surface area contributed by atoms with E-state index in [2.05, 4.69) is 15.6 Å². The zero-order valence-electron chi connectivity index (χ0n) is 11.0. The fourth-order valence-electron chi connectivity index (χ4n) is 1.80. The number of hydrogen-bond donors (Lipinski definition) is 3. The minimum Gasteiger partial charge on any atom is -0.480 e. The Kier molecular flexibility index (Phi) is 5.87. The summed E-state index contributed by atoms with van der Waals surface area (Å²) in [7, 11) is 2.03. The van der Waals surface area contributed by atoms with Crippen molar-refractivity contribution in [3.63, 3.8) is 0 Å². The number of amides is 2. The molecule has 0 aliphatic carbocycles. The highest BCUT2D eigenvalue weighted by Gasteiger charge is 2.21. The topological polar surface area (TPSA) is 84.9 Å². The molecular weight excluding hydrogens is 236 g/mol. The standard InChI is InChI=1S/C11H22N4O3/c1-3-4-9(10(16)17)12-11(18)13-15-7-5-14(2)6-8-15/h9H,3-8H2,1-2H3,(H,16,17)(H2,12,13,18)/t9-/m0/s1. The summed E-state index contributed by atoms with van der Waals surface area (Å²) in [5.74, 6) is -0.995. The van der Waals surface area contributed by atoms with Gasteiger partial charge in [0.05, 0.1) is 0 Å². The Bertz CT molecular complexity index is 290. The second kappa shape index (κ2) is 7.17. The number of nitrogens with one attached hydrogen (secondary N) is 2. The molecule has 104 valence electrons. The maximum absolute atomic E-state index is 11.6. The number of carboxylic acids is 1. The van der Waals surface area contributed by atoms with Gasteiger partial charge in [0.25, 0.3) is 0 Å². The molecule has 3 N–H and O–H groups in total. The molecule has 1 aliphatic rings. The van der Waals surface area contributed by atoms with Gasteiger partial charge in [-0.25, -0.2) is 14.6 Å². The predicted octanol–water partition coefficient (Wildman–Crippen LogP) is -0.299. The average molecular weight is 258 g/mol. The van der Waals surface area contributed by atoms with Crippen molar-refractivity contribution in [3.8, 4) is 0 Å². The molecule has 7 heteroatoms. The van der Waals surface area contributed by atoms with Crippen LogP contribution in [0.5, 0.6) is 0 Å². The van der Waals surface area contributed by atoms with Gasteiger partial charge in [-0.05, 0) is 13.5 Å². The Morgan fingerprint density at radius 1 is 1.28 bits per heavy atom. The number of carboxylic acid groups (broad SMARTS) is 1. The van der Waals surface area contributed by atoms with Gasteiger partial charge in [-0.3, -0.25) is 5.43 Å². The van der Waals surface area contributed by atoms with Gasteiger partial charge in [0.2, 0.25) is 0 Å². The fraction of sp³-hybridized carbons (Fsp3) is 0.818. The van der Waals surface area contributed by atoms with E-state index in [0.29, 0.717) is 12.8 Å². The van der Waals surface area contributed by atoms with Gasteiger partial charge in [-0.15, -0.1) is 0 Å². The lowest BCUT2D eigenvalue weighted by atomic mass is 10.2. The third kappa shape index (κ3) is 4.89. The summed E-state index contributed by atoms with van der Waals surface area (Å²) in [5, 5.41) is 13.2. The highest BCUT2D eigenvalue weighted by molar-refractivity contribution is 5.82. The normalized spacial score (nSPS) is 19.2. The second-order valence-electron chi connectivity index (χ2n) is 4.56. The third-order valence-electron chi connectivity index (χ3n) is 2.94. The molecule has 0 spiro atoms. The SMILES string of the molecule is CCC[C@H](NC(=O)NN1CCN(C)CC1)C(=O)O. The molecular formula is C11H22N4O3. The zero-order valence-corrected chi connectivity index (χ0v) is 11.0. The van der Waals surface area contributed by atoms with E-state index in [4.69, 9.17) is 5.11 Å². The van der Waals surface area contributed by atoms with Crippen LogP contribution in [0.1, 0.15) is 19.8 Å². The number of hydrazine groups is 1. The molecule has 0 unspecified atom stereocenters. The molecule has 7 nitrogen and oxygen atoms in total. The van der Waals surface area contributed by atoms with Crippen molar-refractivity contribution in [1.29, 1.82) is 0 Å². The van der Waals surface area contributed by atoms with Gasteiger partial charge in [0.1, 0.15) is 6.04 Å². The Hall–Kier alpha value is -1.34. The number of aliphatic carboxylic acids is 1. The summed E-state index contributed by atoms with van der Waals surface area (Å²) in [4.78, 5) is 24.7. The number of piperazine rings is 1. The minimum atomic E-state index is -0.995. The van der Waals surface area contributed by atoms with Gasteiger partial charge in [-0.1, -0.05) is 13.3 Å². The molecule has 0 bridgehead atoms. The van der Waals surface area contributed by atoms with Crippen LogP contribution in [0.4, 0.5) is 4.79 Å². The molecule has 0 radical (unpaired) electrons. The molecule has 18 heavy (non-hydrogen) atoms. The molecule has 1 aliphatic heterocycles. The van der Waals surface area contributed by atoms with E-state index in [1.807, 2.05) is 14.0 Å². The van der Waals surface area contributed by atoms with Crippen molar-refractivity contribution in [2.45, 2.75) is 25.8 Å². The van der Waals surface area contributed by atoms with Crippen molar-refractivity contribution < 1.29 is 14.7 Å². The summed E-state index contributed by atoms with van der Waals surface area (Å²) >= 11 is 0. The second-order valence-corrected chi connectivity index (χ2v) is 4.56. The van der Waals surface area contributed by atoms with Gasteiger partial charge in [0, 0.05) is 26.2 Å². The molecule has 1 fully saturated rings. The van der Waals surface area contributed by atoms with Crippen LogP contribution < -0.4 is 10.7 Å². The monoisotopic (exact) mass is 258 g/mol. The highest BCUT2D eigenvalue weighted by atomic mass is 16.4. The number of carbonyl (C=O) groups excluding carboxylic acids is 1. The molecule has 0 aromatic rings. The summed E-state index contributed by atoms with van der Waals surface area (Å²) in [5.41, 5.74) is 2.68. The summed E-state index contributed by atoms with van der Waals surface area (Å²) in [6.07, 6.45) is 1.15. The number of hydrogen-bond acceptors (Lipinski definition) is 4. The summed E-state index contributed by atoms with van der Waals surface area (Å²) in [6.45, 7) is 5.15. The van der Waals surface area contributed by atoms with E-state index in [1.54, 1.807) is 5.01 Å². The van der Waals surface area contributed by atoms with Crippen molar-refractivity contribution in [1.82, 2.24) is 20.7 Å². The zero-order chi connectivity index (χ0) is 13.5. The lowest BCUT2D eigenvalue weighted by Crippen LogP contribution is -2.56. The molecule has 1 rings (SSSR count). The van der Waals surface area contributed by atoms with Crippen LogP contribution in [-0.4, -0.2) is 66.3 Å². The van der Waals surface area contributed by atoms with Crippen LogP contribution in [0.15, 0.2) is 0 Å². The van der Waals surface area contributed by atoms with Crippen LogP contribution in [0.2, 0.25) is 0 Å². The van der Waals surface area contributed by atoms with E-state index in [9.17, 15) is 9.59 Å². The van der Waals surface area contributed by atoms with Crippen molar-refractivity contribution in [2.24, 2.45) is 0 Å². The van der Waals surface area contributed by atoms with Crippen molar-refractivity contribution >= 4 is 12.0 Å². The molecule has 1 heterocycles.